The Bertz CT molecular complexity index is 1470. The summed E-state index contributed by atoms with van der Waals surface area (Å²) in [4.78, 5) is 30.0. The average molecular weight is 526 g/mol. The van der Waals surface area contributed by atoms with Crippen molar-refractivity contribution in [3.63, 3.8) is 0 Å². The molecule has 4 aromatic rings. The quantitative estimate of drug-likeness (QED) is 0.355. The summed E-state index contributed by atoms with van der Waals surface area (Å²) in [6.07, 6.45) is -2.89. The first-order valence-corrected chi connectivity index (χ1v) is 12.1. The summed E-state index contributed by atoms with van der Waals surface area (Å²) in [6.45, 7) is 3.07. The normalized spacial score (nSPS) is 16.2. The number of furan rings is 1. The number of carbonyl (C=O) groups excluding carboxylic acids is 2. The average Bonchev–Trinajstić information content (AvgIpc) is 3.50. The number of aromatic nitrogens is 1. The third kappa shape index (κ3) is 4.85. The van der Waals surface area contributed by atoms with Gasteiger partial charge in [0.2, 0.25) is 5.71 Å². The molecule has 198 valence electrons. The van der Waals surface area contributed by atoms with E-state index in [1.807, 2.05) is 35.8 Å². The fraction of sp³-hybridized carbons (Fsp3) is 0.286. The molecule has 1 unspecified atom stereocenters. The van der Waals surface area contributed by atoms with Gasteiger partial charge in [-0.1, -0.05) is 12.1 Å². The molecule has 0 radical (unpaired) electrons. The van der Waals surface area contributed by atoms with E-state index in [0.717, 1.165) is 23.1 Å². The first kappa shape index (κ1) is 25.4. The summed E-state index contributed by atoms with van der Waals surface area (Å²) in [5.74, 6) is 0.158. The predicted molar refractivity (Wildman–Crippen MR) is 134 cm³/mol. The number of rotatable bonds is 5. The van der Waals surface area contributed by atoms with E-state index in [1.54, 1.807) is 35.3 Å². The lowest BCUT2D eigenvalue weighted by atomic mass is 10.1. The van der Waals surface area contributed by atoms with Crippen LogP contribution in [-0.4, -0.2) is 59.0 Å². The molecule has 2 aromatic carbocycles. The number of hydrogen-bond donors (Lipinski definition) is 0. The smallest absolute Gasteiger partial charge is 0.416 e. The first-order chi connectivity index (χ1) is 18.2. The Morgan fingerprint density at radius 3 is 2.47 bits per heavy atom. The lowest BCUT2D eigenvalue weighted by Crippen LogP contribution is -2.55. The van der Waals surface area contributed by atoms with Crippen molar-refractivity contribution >= 4 is 22.9 Å². The largest absolute Gasteiger partial charge is 0.497 e. The van der Waals surface area contributed by atoms with Crippen LogP contribution in [-0.2, 0) is 12.7 Å². The lowest BCUT2D eigenvalue weighted by molar-refractivity contribution is -0.137. The van der Waals surface area contributed by atoms with Crippen LogP contribution in [0.4, 0.5) is 13.2 Å². The second-order valence-corrected chi connectivity index (χ2v) is 9.32. The number of piperazine rings is 1. The van der Waals surface area contributed by atoms with Crippen molar-refractivity contribution in [2.75, 3.05) is 26.7 Å². The molecule has 3 heterocycles. The van der Waals surface area contributed by atoms with Crippen LogP contribution in [0.25, 0.3) is 11.1 Å². The lowest BCUT2D eigenvalue weighted by Gasteiger charge is -2.40. The Labute approximate surface area is 217 Å². The zero-order valence-electron chi connectivity index (χ0n) is 20.9. The van der Waals surface area contributed by atoms with Gasteiger partial charge in [-0.25, -0.2) is 0 Å². The molecular weight excluding hydrogens is 499 g/mol. The van der Waals surface area contributed by atoms with E-state index in [9.17, 15) is 22.8 Å². The fourth-order valence-corrected chi connectivity index (χ4v) is 4.84. The van der Waals surface area contributed by atoms with Crippen LogP contribution in [0.3, 0.4) is 0 Å². The van der Waals surface area contributed by atoms with Gasteiger partial charge >= 0.3 is 6.18 Å². The van der Waals surface area contributed by atoms with Crippen molar-refractivity contribution < 1.29 is 31.9 Å². The molecule has 10 heteroatoms. The SMILES string of the molecule is COc1cccc(Cn2c(C(=O)N3CCN(C(=O)c4ccc(C(F)(F)F)cc4)C(C)C3)cc3ccoc32)c1. The minimum absolute atomic E-state index is 0.178. The van der Waals surface area contributed by atoms with Crippen molar-refractivity contribution in [3.05, 3.63) is 89.3 Å². The molecule has 0 aliphatic carbocycles. The van der Waals surface area contributed by atoms with Crippen molar-refractivity contribution in [1.29, 1.82) is 0 Å². The molecule has 7 nitrogen and oxygen atoms in total. The summed E-state index contributed by atoms with van der Waals surface area (Å²) in [5.41, 5.74) is 1.36. The van der Waals surface area contributed by atoms with E-state index in [2.05, 4.69) is 0 Å². The van der Waals surface area contributed by atoms with Crippen molar-refractivity contribution in [2.24, 2.45) is 0 Å². The van der Waals surface area contributed by atoms with Crippen molar-refractivity contribution in [1.82, 2.24) is 14.4 Å². The Kier molecular flexibility index (Phi) is 6.64. The second-order valence-electron chi connectivity index (χ2n) is 9.32. The number of alkyl halides is 3. The van der Waals surface area contributed by atoms with Gasteiger partial charge in [0.05, 0.1) is 25.5 Å². The Hall–Kier alpha value is -4.21. The number of hydrogen-bond acceptors (Lipinski definition) is 4. The standard InChI is InChI=1S/C28H26F3N3O4/c1-18-16-32(11-12-33(18)25(35)20-6-8-22(9-7-20)28(29,30)31)26(36)24-15-21-10-13-38-27(21)34(24)17-19-4-3-5-23(14-19)37-2/h3-10,13-15,18H,11-12,16-17H2,1-2H3. The molecular formula is C28H26F3N3O4. The first-order valence-electron chi connectivity index (χ1n) is 12.1. The van der Waals surface area contributed by atoms with Gasteiger partial charge in [0.1, 0.15) is 11.4 Å². The molecule has 2 aromatic heterocycles. The third-order valence-corrected chi connectivity index (χ3v) is 6.83. The molecule has 5 rings (SSSR count). The van der Waals surface area contributed by atoms with E-state index in [4.69, 9.17) is 9.15 Å². The van der Waals surface area contributed by atoms with Crippen LogP contribution in [0.15, 0.2) is 71.3 Å². The van der Waals surface area contributed by atoms with Crippen molar-refractivity contribution in [2.45, 2.75) is 25.7 Å². The number of carbonyl (C=O) groups is 2. The maximum Gasteiger partial charge on any atom is 0.416 e. The van der Waals surface area contributed by atoms with E-state index >= 15 is 0 Å². The zero-order valence-corrected chi connectivity index (χ0v) is 20.9. The molecule has 38 heavy (non-hydrogen) atoms. The molecule has 0 N–H and O–H groups in total. The topological polar surface area (TPSA) is 67.9 Å². The van der Waals surface area contributed by atoms with Gasteiger partial charge in [-0.2, -0.15) is 13.2 Å². The Balaban J connectivity index is 1.33. The molecule has 0 saturated carbocycles. The molecule has 1 aliphatic rings. The number of nitrogens with zero attached hydrogens (tertiary/aromatic N) is 3. The maximum absolute atomic E-state index is 13.7. The van der Waals surface area contributed by atoms with Crippen LogP contribution in [0.5, 0.6) is 5.75 Å². The maximum atomic E-state index is 13.7. The number of methoxy groups -OCH3 is 1. The number of benzene rings is 2. The van der Waals surface area contributed by atoms with Crippen LogP contribution < -0.4 is 4.74 Å². The second kappa shape index (κ2) is 9.92. The number of fused-ring (bicyclic) bond motifs is 1. The molecule has 1 atom stereocenters. The summed E-state index contributed by atoms with van der Waals surface area (Å²) in [5, 5.41) is 0.806. The molecule has 1 aliphatic heterocycles. The number of halogens is 3. The summed E-state index contributed by atoms with van der Waals surface area (Å²) < 4.78 is 51.5. The number of ether oxygens (including phenoxy) is 1. The molecule has 2 amide bonds. The summed E-state index contributed by atoms with van der Waals surface area (Å²) in [6, 6.07) is 15.0. The highest BCUT2D eigenvalue weighted by atomic mass is 19.4. The van der Waals surface area contributed by atoms with Gasteiger partial charge in [-0.15, -0.1) is 0 Å². The molecule has 1 fully saturated rings. The Morgan fingerprint density at radius 2 is 1.79 bits per heavy atom. The third-order valence-electron chi connectivity index (χ3n) is 6.83. The van der Waals surface area contributed by atoms with Gasteiger partial charge in [0, 0.05) is 36.6 Å². The van der Waals surface area contributed by atoms with Gasteiger partial charge < -0.3 is 23.5 Å². The highest BCUT2D eigenvalue weighted by Gasteiger charge is 2.34. The van der Waals surface area contributed by atoms with Gasteiger partial charge in [-0.3, -0.25) is 9.59 Å². The number of amides is 2. The van der Waals surface area contributed by atoms with E-state index in [0.29, 0.717) is 30.2 Å². The van der Waals surface area contributed by atoms with Crippen LogP contribution >= 0.6 is 0 Å². The fourth-order valence-electron chi connectivity index (χ4n) is 4.84. The molecule has 1 saturated heterocycles. The predicted octanol–water partition coefficient (Wildman–Crippen LogP) is 5.30. The van der Waals surface area contributed by atoms with Crippen LogP contribution in [0.2, 0.25) is 0 Å². The molecule has 0 spiro atoms. The van der Waals surface area contributed by atoms with E-state index < -0.39 is 11.7 Å². The van der Waals surface area contributed by atoms with Gasteiger partial charge in [-0.05, 0) is 61.0 Å². The minimum Gasteiger partial charge on any atom is -0.497 e. The van der Waals surface area contributed by atoms with Gasteiger partial charge in [0.15, 0.2) is 0 Å². The highest BCUT2D eigenvalue weighted by Crippen LogP contribution is 2.30. The van der Waals surface area contributed by atoms with Crippen molar-refractivity contribution in [3.8, 4) is 5.75 Å². The molecule has 0 bridgehead atoms. The van der Waals surface area contributed by atoms with Gasteiger partial charge in [0.25, 0.3) is 11.8 Å². The summed E-state index contributed by atoms with van der Waals surface area (Å²) >= 11 is 0. The summed E-state index contributed by atoms with van der Waals surface area (Å²) in [7, 11) is 1.59. The highest BCUT2D eigenvalue weighted by molar-refractivity contribution is 5.98. The minimum atomic E-state index is -4.47. The van der Waals surface area contributed by atoms with Crippen LogP contribution in [0.1, 0.15) is 38.9 Å². The van der Waals surface area contributed by atoms with E-state index in [1.165, 1.54) is 12.1 Å². The monoisotopic (exact) mass is 525 g/mol. The zero-order chi connectivity index (χ0) is 27.0. The Morgan fingerprint density at radius 1 is 1.03 bits per heavy atom. The van der Waals surface area contributed by atoms with E-state index in [-0.39, 0.29) is 36.5 Å². The van der Waals surface area contributed by atoms with Crippen LogP contribution in [0, 0.1) is 0 Å².